The van der Waals surface area contributed by atoms with Crippen molar-refractivity contribution in [1.82, 2.24) is 0 Å². The molecule has 0 saturated carbocycles. The molecular formula is C14H22O4. The highest BCUT2D eigenvalue weighted by Crippen LogP contribution is 2.13. The molecule has 4 nitrogen and oxygen atoms in total. The van der Waals surface area contributed by atoms with Crippen molar-refractivity contribution in [3.63, 3.8) is 0 Å². The molecule has 0 unspecified atom stereocenters. The monoisotopic (exact) mass is 254 g/mol. The molecule has 18 heavy (non-hydrogen) atoms. The molecule has 0 heterocycles. The zero-order valence-corrected chi connectivity index (χ0v) is 11.7. The summed E-state index contributed by atoms with van der Waals surface area (Å²) >= 11 is 0. The molecule has 4 heteroatoms. The molecule has 0 aromatic heterocycles. The van der Waals surface area contributed by atoms with Gasteiger partial charge < -0.3 is 9.47 Å². The quantitative estimate of drug-likeness (QED) is 0.415. The lowest BCUT2D eigenvalue weighted by molar-refractivity contribution is -0.185. The van der Waals surface area contributed by atoms with E-state index in [1.807, 2.05) is 0 Å². The molecule has 0 amide bonds. The van der Waals surface area contributed by atoms with Crippen molar-refractivity contribution >= 4 is 11.9 Å². The van der Waals surface area contributed by atoms with E-state index >= 15 is 0 Å². The van der Waals surface area contributed by atoms with Crippen LogP contribution in [0.2, 0.25) is 0 Å². The van der Waals surface area contributed by atoms with Gasteiger partial charge in [-0.2, -0.15) is 0 Å². The molecule has 0 aliphatic heterocycles. The first kappa shape index (κ1) is 16.4. The largest absolute Gasteiger partial charge is 0.421 e. The summed E-state index contributed by atoms with van der Waals surface area (Å²) in [5.41, 5.74) is 0.619. The topological polar surface area (TPSA) is 52.6 Å². The summed E-state index contributed by atoms with van der Waals surface area (Å²) in [5, 5.41) is 0. The average molecular weight is 254 g/mol. The molecule has 0 aromatic rings. The van der Waals surface area contributed by atoms with Crippen LogP contribution < -0.4 is 0 Å². The van der Waals surface area contributed by atoms with Crippen molar-refractivity contribution in [2.45, 2.75) is 40.9 Å². The third kappa shape index (κ3) is 5.66. The summed E-state index contributed by atoms with van der Waals surface area (Å²) in [7, 11) is 0. The van der Waals surface area contributed by atoms with Crippen molar-refractivity contribution in [3.05, 3.63) is 24.3 Å². The number of ether oxygens (including phenoxy) is 2. The maximum absolute atomic E-state index is 11.5. The van der Waals surface area contributed by atoms with Gasteiger partial charge in [-0.1, -0.05) is 46.4 Å². The van der Waals surface area contributed by atoms with Crippen molar-refractivity contribution in [1.29, 1.82) is 0 Å². The zero-order valence-electron chi connectivity index (χ0n) is 11.7. The molecular weight excluding hydrogens is 232 g/mol. The first-order valence-corrected chi connectivity index (χ1v) is 5.99. The van der Waals surface area contributed by atoms with Crippen molar-refractivity contribution < 1.29 is 19.1 Å². The smallest absolute Gasteiger partial charge is 0.311 e. The molecule has 0 fully saturated rings. The van der Waals surface area contributed by atoms with E-state index in [1.165, 1.54) is 0 Å². The van der Waals surface area contributed by atoms with Gasteiger partial charge in [0, 0.05) is 5.57 Å². The summed E-state index contributed by atoms with van der Waals surface area (Å²) in [6, 6.07) is 0. The second-order valence-electron chi connectivity index (χ2n) is 4.66. The maximum Gasteiger partial charge on any atom is 0.311 e. The van der Waals surface area contributed by atoms with Gasteiger partial charge in [0.1, 0.15) is 0 Å². The Morgan fingerprint density at radius 3 is 1.67 bits per heavy atom. The van der Waals surface area contributed by atoms with Crippen LogP contribution in [0.25, 0.3) is 0 Å². The van der Waals surface area contributed by atoms with Crippen LogP contribution in [0.3, 0.4) is 0 Å². The summed E-state index contributed by atoms with van der Waals surface area (Å²) in [5.74, 6) is -1.37. The van der Waals surface area contributed by atoms with Crippen molar-refractivity contribution in [2.24, 2.45) is 11.8 Å². The van der Waals surface area contributed by atoms with Gasteiger partial charge in [-0.05, 0) is 6.92 Å². The summed E-state index contributed by atoms with van der Waals surface area (Å²) < 4.78 is 10.3. The van der Waals surface area contributed by atoms with Gasteiger partial charge in [0.05, 0.1) is 11.8 Å². The molecule has 0 saturated heterocycles. The van der Waals surface area contributed by atoms with Crippen LogP contribution in [0.5, 0.6) is 0 Å². The fraction of sp³-hybridized carbons (Fsp3) is 0.571. The van der Waals surface area contributed by atoms with E-state index in [0.717, 1.165) is 0 Å². The summed E-state index contributed by atoms with van der Waals surface area (Å²) in [6.45, 7) is 12.1. The summed E-state index contributed by atoms with van der Waals surface area (Å²) in [6.07, 6.45) is 2.22. The Kier molecular flexibility index (Phi) is 7.01. The standard InChI is InChI=1S/C14H22O4/c1-7-8-11(6)14(17-12(15)9(2)3)18-13(16)10(4)5/h7-10,14H,1H2,2-6H3/b11-8+. The van der Waals surface area contributed by atoms with Crippen LogP contribution >= 0.6 is 0 Å². The van der Waals surface area contributed by atoms with E-state index in [0.29, 0.717) is 5.57 Å². The number of carbonyl (C=O) groups excluding carboxylic acids is 2. The van der Waals surface area contributed by atoms with E-state index in [4.69, 9.17) is 9.47 Å². The third-order valence-electron chi connectivity index (χ3n) is 2.14. The molecule has 0 rings (SSSR count). The molecule has 0 atom stereocenters. The number of rotatable bonds is 6. The van der Waals surface area contributed by atoms with Crippen LogP contribution in [0.1, 0.15) is 34.6 Å². The minimum absolute atomic E-state index is 0.276. The average Bonchev–Trinajstić information content (AvgIpc) is 2.27. The molecule has 0 bridgehead atoms. The zero-order chi connectivity index (χ0) is 14.3. The Balaban J connectivity index is 4.84. The second-order valence-corrected chi connectivity index (χ2v) is 4.66. The molecule has 0 aromatic carbocycles. The lowest BCUT2D eigenvalue weighted by Crippen LogP contribution is -2.29. The third-order valence-corrected chi connectivity index (χ3v) is 2.14. The van der Waals surface area contributed by atoms with Gasteiger partial charge in [-0.25, -0.2) is 0 Å². The Morgan fingerprint density at radius 2 is 1.39 bits per heavy atom. The predicted molar refractivity (Wildman–Crippen MR) is 69.6 cm³/mol. The minimum atomic E-state index is -0.979. The number of hydrogen-bond donors (Lipinski definition) is 0. The van der Waals surface area contributed by atoms with E-state index in [1.54, 1.807) is 46.8 Å². The van der Waals surface area contributed by atoms with Gasteiger partial charge in [0.15, 0.2) is 0 Å². The van der Waals surface area contributed by atoms with Crippen LogP contribution in [-0.4, -0.2) is 18.2 Å². The fourth-order valence-electron chi connectivity index (χ4n) is 0.958. The van der Waals surface area contributed by atoms with Crippen LogP contribution in [0.4, 0.5) is 0 Å². The lowest BCUT2D eigenvalue weighted by Gasteiger charge is -2.20. The number of esters is 2. The van der Waals surface area contributed by atoms with Crippen LogP contribution in [0.15, 0.2) is 24.3 Å². The van der Waals surface area contributed by atoms with E-state index in [2.05, 4.69) is 6.58 Å². The van der Waals surface area contributed by atoms with Crippen LogP contribution in [0, 0.1) is 11.8 Å². The predicted octanol–water partition coefficient (Wildman–Crippen LogP) is 2.84. The highest BCUT2D eigenvalue weighted by molar-refractivity contribution is 5.74. The molecule has 0 radical (unpaired) electrons. The second kappa shape index (κ2) is 7.69. The molecule has 0 spiro atoms. The first-order valence-electron chi connectivity index (χ1n) is 5.99. The number of allylic oxidation sites excluding steroid dienone is 2. The van der Waals surface area contributed by atoms with Gasteiger partial charge in [0.2, 0.25) is 0 Å². The highest BCUT2D eigenvalue weighted by atomic mass is 16.7. The van der Waals surface area contributed by atoms with E-state index in [-0.39, 0.29) is 11.8 Å². The van der Waals surface area contributed by atoms with Gasteiger partial charge >= 0.3 is 11.9 Å². The van der Waals surface area contributed by atoms with E-state index in [9.17, 15) is 9.59 Å². The SMILES string of the molecule is C=C/C=C(\C)C(OC(=O)C(C)C)OC(=O)C(C)C. The first-order chi connectivity index (χ1) is 8.29. The number of hydrogen-bond acceptors (Lipinski definition) is 4. The minimum Gasteiger partial charge on any atom is -0.421 e. The van der Waals surface area contributed by atoms with Gasteiger partial charge in [-0.3, -0.25) is 9.59 Å². The molecule has 0 N–H and O–H groups in total. The molecule has 0 aliphatic carbocycles. The Bertz CT molecular complexity index is 318. The van der Waals surface area contributed by atoms with Crippen molar-refractivity contribution in [3.8, 4) is 0 Å². The summed E-state index contributed by atoms with van der Waals surface area (Å²) in [4.78, 5) is 23.1. The lowest BCUT2D eigenvalue weighted by atomic mass is 10.2. The maximum atomic E-state index is 11.5. The molecule has 102 valence electrons. The Morgan fingerprint density at radius 1 is 1.00 bits per heavy atom. The normalized spacial score (nSPS) is 11.9. The molecule has 0 aliphatic rings. The van der Waals surface area contributed by atoms with E-state index < -0.39 is 18.2 Å². The van der Waals surface area contributed by atoms with Gasteiger partial charge in [0.25, 0.3) is 6.29 Å². The fourth-order valence-corrected chi connectivity index (χ4v) is 0.958. The van der Waals surface area contributed by atoms with Gasteiger partial charge in [-0.15, -0.1) is 0 Å². The highest BCUT2D eigenvalue weighted by Gasteiger charge is 2.23. The Hall–Kier alpha value is -1.58. The Labute approximate surface area is 109 Å². The van der Waals surface area contributed by atoms with Crippen LogP contribution in [-0.2, 0) is 19.1 Å². The number of carbonyl (C=O) groups is 2. The van der Waals surface area contributed by atoms with Crippen molar-refractivity contribution in [2.75, 3.05) is 0 Å².